The van der Waals surface area contributed by atoms with E-state index in [0.717, 1.165) is 11.4 Å². The number of nitrogens with zero attached hydrogens (tertiary/aromatic N) is 5. The molecule has 4 rings (SSSR count). The first-order valence-electron chi connectivity index (χ1n) is 7.59. The van der Waals surface area contributed by atoms with Crippen LogP contribution in [0.1, 0.15) is 22.2 Å². The molecule has 0 N–H and O–H groups in total. The second kappa shape index (κ2) is 6.25. The van der Waals surface area contributed by atoms with Gasteiger partial charge in [-0.2, -0.15) is 0 Å². The molecule has 0 bridgehead atoms. The van der Waals surface area contributed by atoms with Gasteiger partial charge in [0.15, 0.2) is 0 Å². The van der Waals surface area contributed by atoms with Gasteiger partial charge in [0.05, 0.1) is 25.1 Å². The smallest absolute Gasteiger partial charge is 0.254 e. The summed E-state index contributed by atoms with van der Waals surface area (Å²) >= 11 is 0. The number of tetrazole rings is 1. The Morgan fingerprint density at radius 2 is 2.08 bits per heavy atom. The van der Waals surface area contributed by atoms with Gasteiger partial charge >= 0.3 is 0 Å². The number of ether oxygens (including phenoxy) is 1. The Bertz CT molecular complexity index is 799. The lowest BCUT2D eigenvalue weighted by atomic mass is 10.1. The van der Waals surface area contributed by atoms with Gasteiger partial charge in [-0.25, -0.2) is 4.68 Å². The Hall–Kier alpha value is -3.00. The first-order chi connectivity index (χ1) is 11.8. The summed E-state index contributed by atoms with van der Waals surface area (Å²) < 4.78 is 12.6. The van der Waals surface area contributed by atoms with E-state index in [-0.39, 0.29) is 12.0 Å². The maximum atomic E-state index is 12.7. The summed E-state index contributed by atoms with van der Waals surface area (Å²) in [5, 5.41) is 11.0. The number of benzene rings is 1. The number of amides is 1. The van der Waals surface area contributed by atoms with Crippen LogP contribution in [0.5, 0.6) is 0 Å². The van der Waals surface area contributed by atoms with Crippen LogP contribution in [0, 0.1) is 0 Å². The fourth-order valence-corrected chi connectivity index (χ4v) is 2.70. The van der Waals surface area contributed by atoms with Crippen molar-refractivity contribution in [2.45, 2.75) is 6.10 Å². The molecule has 24 heavy (non-hydrogen) atoms. The van der Waals surface area contributed by atoms with E-state index in [2.05, 4.69) is 15.5 Å². The van der Waals surface area contributed by atoms with Crippen LogP contribution in [-0.2, 0) is 4.74 Å². The zero-order valence-corrected chi connectivity index (χ0v) is 12.8. The van der Waals surface area contributed by atoms with Crippen molar-refractivity contribution in [2.24, 2.45) is 0 Å². The minimum atomic E-state index is -0.224. The number of furan rings is 1. The summed E-state index contributed by atoms with van der Waals surface area (Å²) in [6.07, 6.45) is 2.89. The Morgan fingerprint density at radius 1 is 1.21 bits per heavy atom. The van der Waals surface area contributed by atoms with Crippen molar-refractivity contribution in [3.8, 4) is 5.69 Å². The molecule has 1 amide bonds. The molecule has 1 aliphatic rings. The second-order valence-corrected chi connectivity index (χ2v) is 5.43. The van der Waals surface area contributed by atoms with E-state index in [1.54, 1.807) is 23.3 Å². The maximum absolute atomic E-state index is 12.7. The minimum Gasteiger partial charge on any atom is -0.467 e. The van der Waals surface area contributed by atoms with E-state index < -0.39 is 0 Å². The van der Waals surface area contributed by atoms with Crippen molar-refractivity contribution >= 4 is 5.91 Å². The highest BCUT2D eigenvalue weighted by Crippen LogP contribution is 2.23. The van der Waals surface area contributed by atoms with Gasteiger partial charge in [0.25, 0.3) is 5.91 Å². The van der Waals surface area contributed by atoms with Crippen LogP contribution in [0.4, 0.5) is 0 Å². The van der Waals surface area contributed by atoms with Gasteiger partial charge in [0, 0.05) is 12.1 Å². The lowest BCUT2D eigenvalue weighted by molar-refractivity contribution is -0.0321. The predicted octanol–water partition coefficient (Wildman–Crippen LogP) is 1.47. The Labute approximate surface area is 137 Å². The van der Waals surface area contributed by atoms with Crippen molar-refractivity contribution in [1.29, 1.82) is 0 Å². The Balaban J connectivity index is 1.49. The van der Waals surface area contributed by atoms with Gasteiger partial charge in [0.2, 0.25) is 0 Å². The topological polar surface area (TPSA) is 86.3 Å². The normalized spacial score (nSPS) is 17.8. The predicted molar refractivity (Wildman–Crippen MR) is 82.5 cm³/mol. The summed E-state index contributed by atoms with van der Waals surface area (Å²) in [7, 11) is 0. The fourth-order valence-electron chi connectivity index (χ4n) is 2.70. The van der Waals surface area contributed by atoms with Crippen LogP contribution in [-0.4, -0.2) is 50.7 Å². The molecule has 122 valence electrons. The molecule has 3 heterocycles. The molecule has 0 radical (unpaired) electrons. The number of hydrogen-bond donors (Lipinski definition) is 0. The first-order valence-corrected chi connectivity index (χ1v) is 7.59. The number of aromatic nitrogens is 4. The molecule has 8 nitrogen and oxygen atoms in total. The molecule has 0 aliphatic carbocycles. The molecule has 1 aliphatic heterocycles. The third-order valence-electron chi connectivity index (χ3n) is 3.94. The van der Waals surface area contributed by atoms with E-state index in [1.807, 2.05) is 24.3 Å². The van der Waals surface area contributed by atoms with Gasteiger partial charge in [-0.05, 0) is 46.8 Å². The number of carbonyl (C=O) groups is 1. The molecule has 1 atom stereocenters. The van der Waals surface area contributed by atoms with Gasteiger partial charge in [0.1, 0.15) is 18.2 Å². The Kier molecular flexibility index (Phi) is 3.80. The molecule has 1 saturated heterocycles. The third-order valence-corrected chi connectivity index (χ3v) is 3.94. The quantitative estimate of drug-likeness (QED) is 0.725. The summed E-state index contributed by atoms with van der Waals surface area (Å²) in [5.74, 6) is 0.708. The number of morpholine rings is 1. The number of hydrogen-bond acceptors (Lipinski definition) is 6. The molecular formula is C16H15N5O3. The SMILES string of the molecule is O=C(c1ccc(-n2cnnn2)cc1)N1CCOC(c2ccco2)C1. The van der Waals surface area contributed by atoms with Crippen molar-refractivity contribution in [2.75, 3.05) is 19.7 Å². The molecule has 2 aromatic heterocycles. The molecular weight excluding hydrogens is 310 g/mol. The zero-order valence-electron chi connectivity index (χ0n) is 12.8. The summed E-state index contributed by atoms with van der Waals surface area (Å²) in [4.78, 5) is 14.5. The van der Waals surface area contributed by atoms with Crippen LogP contribution < -0.4 is 0 Å². The first kappa shape index (κ1) is 14.6. The van der Waals surface area contributed by atoms with Gasteiger partial charge < -0.3 is 14.1 Å². The van der Waals surface area contributed by atoms with Gasteiger partial charge in [-0.1, -0.05) is 0 Å². The molecule has 1 unspecified atom stereocenters. The highest BCUT2D eigenvalue weighted by molar-refractivity contribution is 5.94. The highest BCUT2D eigenvalue weighted by Gasteiger charge is 2.27. The zero-order chi connectivity index (χ0) is 16.4. The second-order valence-electron chi connectivity index (χ2n) is 5.43. The fraction of sp³-hybridized carbons (Fsp3) is 0.250. The molecule has 1 aromatic carbocycles. The number of rotatable bonds is 3. The van der Waals surface area contributed by atoms with Crippen molar-refractivity contribution in [3.05, 3.63) is 60.3 Å². The van der Waals surface area contributed by atoms with Crippen molar-refractivity contribution < 1.29 is 13.9 Å². The average Bonchev–Trinajstić information content (AvgIpc) is 3.35. The monoisotopic (exact) mass is 325 g/mol. The van der Waals surface area contributed by atoms with Crippen LogP contribution in [0.25, 0.3) is 5.69 Å². The Morgan fingerprint density at radius 3 is 2.79 bits per heavy atom. The van der Waals surface area contributed by atoms with E-state index in [0.29, 0.717) is 25.3 Å². The third kappa shape index (κ3) is 2.79. The highest BCUT2D eigenvalue weighted by atomic mass is 16.5. The summed E-state index contributed by atoms with van der Waals surface area (Å²) in [6, 6.07) is 10.9. The van der Waals surface area contributed by atoms with Crippen LogP contribution in [0.2, 0.25) is 0 Å². The molecule has 0 saturated carbocycles. The van der Waals surface area contributed by atoms with Gasteiger partial charge in [-0.15, -0.1) is 5.10 Å². The van der Waals surface area contributed by atoms with Crippen LogP contribution in [0.15, 0.2) is 53.4 Å². The average molecular weight is 325 g/mol. The van der Waals surface area contributed by atoms with Crippen molar-refractivity contribution in [3.63, 3.8) is 0 Å². The van der Waals surface area contributed by atoms with Crippen LogP contribution in [0.3, 0.4) is 0 Å². The number of carbonyl (C=O) groups excluding carboxylic acids is 1. The summed E-state index contributed by atoms with van der Waals surface area (Å²) in [6.45, 7) is 1.52. The lowest BCUT2D eigenvalue weighted by Gasteiger charge is -2.32. The summed E-state index contributed by atoms with van der Waals surface area (Å²) in [5.41, 5.74) is 1.42. The van der Waals surface area contributed by atoms with E-state index in [9.17, 15) is 4.79 Å². The van der Waals surface area contributed by atoms with E-state index >= 15 is 0 Å². The minimum absolute atomic E-state index is 0.0295. The molecule has 0 spiro atoms. The van der Waals surface area contributed by atoms with Crippen molar-refractivity contribution in [1.82, 2.24) is 25.1 Å². The molecule has 3 aromatic rings. The lowest BCUT2D eigenvalue weighted by Crippen LogP contribution is -2.42. The maximum Gasteiger partial charge on any atom is 0.254 e. The largest absolute Gasteiger partial charge is 0.467 e. The van der Waals surface area contributed by atoms with Gasteiger partial charge in [-0.3, -0.25) is 4.79 Å². The standard InChI is InChI=1S/C16H15N5O3/c22-16(12-3-5-13(6-4-12)21-11-17-18-19-21)20-7-9-24-15(10-20)14-2-1-8-23-14/h1-6,8,11,15H,7,9-10H2. The molecule has 1 fully saturated rings. The van der Waals surface area contributed by atoms with E-state index in [1.165, 1.54) is 11.0 Å². The molecule has 8 heteroatoms. The van der Waals surface area contributed by atoms with E-state index in [4.69, 9.17) is 9.15 Å². The van der Waals surface area contributed by atoms with Crippen LogP contribution >= 0.6 is 0 Å².